The van der Waals surface area contributed by atoms with Crippen molar-refractivity contribution in [3.63, 3.8) is 0 Å². The molecule has 23 heavy (non-hydrogen) atoms. The van der Waals surface area contributed by atoms with Crippen molar-refractivity contribution in [2.24, 2.45) is 5.92 Å². The minimum Gasteiger partial charge on any atom is -0.444 e. The van der Waals surface area contributed by atoms with E-state index in [0.29, 0.717) is 12.1 Å². The number of ether oxygens (including phenoxy) is 1. The number of likely N-dealkylation sites (tertiary alicyclic amines) is 2. The summed E-state index contributed by atoms with van der Waals surface area (Å²) in [7, 11) is 2.20. The summed E-state index contributed by atoms with van der Waals surface area (Å²) in [5.41, 5.74) is -0.418. The standard InChI is InChI=1S/C18H35N3O2/c1-14(15-8-11-20(5)12-9-15)19-16-7-6-10-21(13-16)17(22)23-18(2,3)4/h14-16,19H,6-13H2,1-5H3. The van der Waals surface area contributed by atoms with Gasteiger partial charge in [0, 0.05) is 25.2 Å². The van der Waals surface area contributed by atoms with Gasteiger partial charge in [-0.3, -0.25) is 0 Å². The van der Waals surface area contributed by atoms with Crippen LogP contribution >= 0.6 is 0 Å². The highest BCUT2D eigenvalue weighted by atomic mass is 16.6. The molecule has 0 saturated carbocycles. The van der Waals surface area contributed by atoms with Crippen LogP contribution in [0.4, 0.5) is 4.79 Å². The third-order valence-electron chi connectivity index (χ3n) is 5.04. The summed E-state index contributed by atoms with van der Waals surface area (Å²) in [4.78, 5) is 16.5. The lowest BCUT2D eigenvalue weighted by molar-refractivity contribution is 0.0178. The molecule has 0 aromatic carbocycles. The molecule has 2 atom stereocenters. The predicted octanol–water partition coefficient (Wildman–Crippen LogP) is 2.71. The van der Waals surface area contributed by atoms with Gasteiger partial charge in [-0.25, -0.2) is 4.79 Å². The quantitative estimate of drug-likeness (QED) is 0.866. The van der Waals surface area contributed by atoms with Crippen LogP contribution in [0.1, 0.15) is 53.4 Å². The normalized spacial score (nSPS) is 26.1. The monoisotopic (exact) mass is 325 g/mol. The molecule has 0 aromatic rings. The highest BCUT2D eigenvalue weighted by Crippen LogP contribution is 2.22. The summed E-state index contributed by atoms with van der Waals surface area (Å²) in [6, 6.07) is 0.915. The molecule has 2 fully saturated rings. The van der Waals surface area contributed by atoms with Crippen molar-refractivity contribution < 1.29 is 9.53 Å². The highest BCUT2D eigenvalue weighted by Gasteiger charge is 2.30. The Balaban J connectivity index is 1.80. The summed E-state index contributed by atoms with van der Waals surface area (Å²) < 4.78 is 5.51. The van der Waals surface area contributed by atoms with Crippen molar-refractivity contribution >= 4 is 6.09 Å². The smallest absolute Gasteiger partial charge is 0.410 e. The fourth-order valence-corrected chi connectivity index (χ4v) is 3.64. The van der Waals surface area contributed by atoms with Gasteiger partial charge in [0.05, 0.1) is 0 Å². The largest absolute Gasteiger partial charge is 0.444 e. The number of hydrogen-bond donors (Lipinski definition) is 1. The molecule has 2 aliphatic heterocycles. The van der Waals surface area contributed by atoms with E-state index in [1.165, 1.54) is 25.9 Å². The van der Waals surface area contributed by atoms with Crippen molar-refractivity contribution in [1.29, 1.82) is 0 Å². The number of piperidine rings is 2. The molecule has 0 radical (unpaired) electrons. The summed E-state index contributed by atoms with van der Waals surface area (Å²) in [5.74, 6) is 0.753. The van der Waals surface area contributed by atoms with Crippen molar-refractivity contribution in [2.75, 3.05) is 33.2 Å². The van der Waals surface area contributed by atoms with Gasteiger partial charge in [0.15, 0.2) is 0 Å². The van der Waals surface area contributed by atoms with Gasteiger partial charge in [0.1, 0.15) is 5.60 Å². The molecule has 5 heteroatoms. The van der Waals surface area contributed by atoms with Crippen LogP contribution in [0, 0.1) is 5.92 Å². The first-order valence-corrected chi connectivity index (χ1v) is 9.17. The second-order valence-electron chi connectivity index (χ2n) is 8.36. The maximum absolute atomic E-state index is 12.3. The maximum Gasteiger partial charge on any atom is 0.410 e. The van der Waals surface area contributed by atoms with Gasteiger partial charge in [0.2, 0.25) is 0 Å². The minimum absolute atomic E-state index is 0.170. The van der Waals surface area contributed by atoms with E-state index in [4.69, 9.17) is 4.74 Å². The average Bonchev–Trinajstić information content (AvgIpc) is 2.46. The summed E-state index contributed by atoms with van der Waals surface area (Å²) in [5, 5.41) is 3.78. The van der Waals surface area contributed by atoms with E-state index in [1.807, 2.05) is 25.7 Å². The molecule has 2 rings (SSSR count). The van der Waals surface area contributed by atoms with Crippen LogP contribution < -0.4 is 5.32 Å². The number of hydrogen-bond acceptors (Lipinski definition) is 4. The van der Waals surface area contributed by atoms with Crippen LogP contribution in [0.15, 0.2) is 0 Å². The van der Waals surface area contributed by atoms with Gasteiger partial charge in [-0.05, 0) is 79.4 Å². The summed E-state index contributed by atoms with van der Waals surface area (Å²) in [6.45, 7) is 12.1. The fourth-order valence-electron chi connectivity index (χ4n) is 3.64. The maximum atomic E-state index is 12.3. The Morgan fingerprint density at radius 1 is 1.17 bits per heavy atom. The van der Waals surface area contributed by atoms with E-state index in [-0.39, 0.29) is 6.09 Å². The highest BCUT2D eigenvalue weighted by molar-refractivity contribution is 5.68. The molecule has 0 bridgehead atoms. The lowest BCUT2D eigenvalue weighted by Gasteiger charge is -2.38. The van der Waals surface area contributed by atoms with E-state index in [1.54, 1.807) is 0 Å². The Kier molecular flexibility index (Phi) is 6.32. The Hall–Kier alpha value is -0.810. The zero-order chi connectivity index (χ0) is 17.0. The molecule has 134 valence electrons. The zero-order valence-corrected chi connectivity index (χ0v) is 15.6. The first-order chi connectivity index (χ1) is 10.7. The van der Waals surface area contributed by atoms with Gasteiger partial charge < -0.3 is 19.9 Å². The molecule has 0 aliphatic carbocycles. The number of rotatable bonds is 3. The summed E-state index contributed by atoms with van der Waals surface area (Å²) >= 11 is 0. The minimum atomic E-state index is -0.418. The van der Waals surface area contributed by atoms with Gasteiger partial charge in [-0.1, -0.05) is 0 Å². The van der Waals surface area contributed by atoms with Crippen LogP contribution in [0.25, 0.3) is 0 Å². The van der Waals surface area contributed by atoms with Crippen molar-refractivity contribution in [3.8, 4) is 0 Å². The first kappa shape index (κ1) is 18.5. The van der Waals surface area contributed by atoms with Crippen LogP contribution in [0.2, 0.25) is 0 Å². The molecule has 2 aliphatic rings. The molecule has 1 N–H and O–H groups in total. The van der Waals surface area contributed by atoms with E-state index >= 15 is 0 Å². The van der Waals surface area contributed by atoms with Gasteiger partial charge >= 0.3 is 6.09 Å². The molecular formula is C18H35N3O2. The molecule has 2 saturated heterocycles. The number of nitrogens with zero attached hydrogens (tertiary/aromatic N) is 2. The second kappa shape index (κ2) is 7.84. The third kappa shape index (κ3) is 5.96. The Bertz CT molecular complexity index is 386. The summed E-state index contributed by atoms with van der Waals surface area (Å²) in [6.07, 6.45) is 4.57. The van der Waals surface area contributed by atoms with Crippen LogP contribution in [0.3, 0.4) is 0 Å². The Labute approximate surface area is 141 Å². The van der Waals surface area contributed by atoms with E-state index in [9.17, 15) is 4.79 Å². The van der Waals surface area contributed by atoms with Crippen LogP contribution in [0.5, 0.6) is 0 Å². The van der Waals surface area contributed by atoms with Crippen molar-refractivity contribution in [2.45, 2.75) is 71.1 Å². The molecule has 1 amide bonds. The van der Waals surface area contributed by atoms with Crippen molar-refractivity contribution in [1.82, 2.24) is 15.1 Å². The number of nitrogens with one attached hydrogen (secondary N) is 1. The lowest BCUT2D eigenvalue weighted by Crippen LogP contribution is -2.53. The first-order valence-electron chi connectivity index (χ1n) is 9.17. The van der Waals surface area contributed by atoms with Crippen LogP contribution in [-0.2, 0) is 4.74 Å². The van der Waals surface area contributed by atoms with Gasteiger partial charge in [-0.15, -0.1) is 0 Å². The molecule has 5 nitrogen and oxygen atoms in total. The zero-order valence-electron chi connectivity index (χ0n) is 15.6. The van der Waals surface area contributed by atoms with E-state index < -0.39 is 5.60 Å². The predicted molar refractivity (Wildman–Crippen MR) is 93.6 cm³/mol. The van der Waals surface area contributed by atoms with Crippen LogP contribution in [-0.4, -0.2) is 66.8 Å². The number of amides is 1. The lowest BCUT2D eigenvalue weighted by atomic mass is 9.89. The molecule has 2 heterocycles. The number of carbonyl (C=O) groups excluding carboxylic acids is 1. The topological polar surface area (TPSA) is 44.8 Å². The average molecular weight is 325 g/mol. The Morgan fingerprint density at radius 2 is 1.83 bits per heavy atom. The molecular weight excluding hydrogens is 290 g/mol. The third-order valence-corrected chi connectivity index (χ3v) is 5.04. The van der Waals surface area contributed by atoms with E-state index in [2.05, 4.69) is 24.2 Å². The van der Waals surface area contributed by atoms with Gasteiger partial charge in [0.25, 0.3) is 0 Å². The fraction of sp³-hybridized carbons (Fsp3) is 0.944. The second-order valence-corrected chi connectivity index (χ2v) is 8.36. The Morgan fingerprint density at radius 3 is 2.43 bits per heavy atom. The number of carbonyl (C=O) groups is 1. The van der Waals surface area contributed by atoms with E-state index in [0.717, 1.165) is 31.8 Å². The molecule has 0 spiro atoms. The molecule has 0 aromatic heterocycles. The van der Waals surface area contributed by atoms with Crippen molar-refractivity contribution in [3.05, 3.63) is 0 Å². The van der Waals surface area contributed by atoms with Gasteiger partial charge in [-0.2, -0.15) is 0 Å². The SMILES string of the molecule is CC(NC1CCCN(C(=O)OC(C)(C)C)C1)C1CCN(C)CC1. The molecule has 2 unspecified atom stereocenters.